The van der Waals surface area contributed by atoms with Crippen LogP contribution in [0.4, 0.5) is 0 Å². The highest BCUT2D eigenvalue weighted by molar-refractivity contribution is 8.00. The van der Waals surface area contributed by atoms with Crippen LogP contribution in [0.15, 0.2) is 28.8 Å². The highest BCUT2D eigenvalue weighted by atomic mass is 35.6. The molecule has 1 aromatic heterocycles. The Labute approximate surface area is 189 Å². The molecule has 3 heterocycles. The van der Waals surface area contributed by atoms with Gasteiger partial charge in [-0.1, -0.05) is 40.9 Å². The fraction of sp³-hybridized carbons (Fsp3) is 0.438. The third-order valence-corrected chi connectivity index (χ3v) is 6.87. The molecule has 0 radical (unpaired) electrons. The summed E-state index contributed by atoms with van der Waals surface area (Å²) in [4.78, 5) is 39.6. The van der Waals surface area contributed by atoms with E-state index in [4.69, 9.17) is 51.1 Å². The van der Waals surface area contributed by atoms with Crippen molar-refractivity contribution in [1.29, 1.82) is 0 Å². The number of esters is 1. The Morgan fingerprint density at radius 2 is 2.11 bits per heavy atom. The lowest BCUT2D eigenvalue weighted by Gasteiger charge is -2.49. The summed E-state index contributed by atoms with van der Waals surface area (Å²) < 4.78 is 3.26. The predicted molar refractivity (Wildman–Crippen MR) is 112 cm³/mol. The third-order valence-electron chi connectivity index (χ3n) is 4.00. The van der Waals surface area contributed by atoms with Crippen molar-refractivity contribution in [3.63, 3.8) is 0 Å². The molecule has 2 atom stereocenters. The van der Waals surface area contributed by atoms with Gasteiger partial charge >= 0.3 is 5.97 Å². The highest BCUT2D eigenvalue weighted by Crippen LogP contribution is 2.41. The third kappa shape index (κ3) is 4.91. The van der Waals surface area contributed by atoms with Crippen LogP contribution in [0.25, 0.3) is 0 Å². The molecule has 12 heteroatoms. The minimum atomic E-state index is -1.77. The Morgan fingerprint density at radius 3 is 2.71 bits per heavy atom. The van der Waals surface area contributed by atoms with Gasteiger partial charge in [0.15, 0.2) is 0 Å². The number of amides is 2. The first-order chi connectivity index (χ1) is 13.2. The van der Waals surface area contributed by atoms with Gasteiger partial charge in [0, 0.05) is 16.5 Å². The Balaban J connectivity index is 1.68. The summed E-state index contributed by atoms with van der Waals surface area (Å²) in [6.45, 7) is -0.462. The number of hydrogen-bond donors (Lipinski definition) is 1. The van der Waals surface area contributed by atoms with Gasteiger partial charge in [0.1, 0.15) is 23.7 Å². The molecule has 2 aliphatic heterocycles. The number of ether oxygens (including phenoxy) is 1. The molecule has 1 N–H and O–H groups in total. The van der Waals surface area contributed by atoms with Crippen molar-refractivity contribution in [3.05, 3.63) is 33.7 Å². The number of halogens is 4. The average molecular weight is 504 g/mol. The lowest BCUT2D eigenvalue weighted by molar-refractivity contribution is -0.152. The number of thioether (sulfide) groups is 1. The van der Waals surface area contributed by atoms with Crippen molar-refractivity contribution >= 4 is 87.3 Å². The standard InChI is InChI=1S/C16H14Cl4N2O4S2/c17-5-8-6-28-14-11(21-10(23)4-9-2-1-3-27-9)13(24)22(14)12(8)15(25)26-7-16(18,19)20/h1-3,11,14H,4-7H2,(H,21,23)/t11-,14-/m1/s1. The maximum Gasteiger partial charge on any atom is 0.355 e. The van der Waals surface area contributed by atoms with Gasteiger partial charge in [-0.15, -0.1) is 34.7 Å². The zero-order valence-electron chi connectivity index (χ0n) is 14.1. The second kappa shape index (κ2) is 9.02. The first kappa shape index (κ1) is 22.1. The molecule has 0 unspecified atom stereocenters. The van der Waals surface area contributed by atoms with Crippen LogP contribution in [0.1, 0.15) is 4.88 Å². The number of hydrogen-bond acceptors (Lipinski definition) is 6. The van der Waals surface area contributed by atoms with E-state index < -0.39 is 33.7 Å². The molecule has 0 bridgehead atoms. The smallest absolute Gasteiger partial charge is 0.355 e. The normalized spacial score (nSPS) is 21.9. The van der Waals surface area contributed by atoms with Crippen molar-refractivity contribution in [2.75, 3.05) is 18.2 Å². The van der Waals surface area contributed by atoms with Crippen molar-refractivity contribution in [2.24, 2.45) is 0 Å². The first-order valence-electron chi connectivity index (χ1n) is 7.99. The van der Waals surface area contributed by atoms with Crippen molar-refractivity contribution in [2.45, 2.75) is 21.6 Å². The minimum absolute atomic E-state index is 0.0527. The fourth-order valence-corrected chi connectivity index (χ4v) is 5.33. The molecular formula is C16H14Cl4N2O4S2. The molecule has 2 amide bonds. The Kier molecular flexibility index (Phi) is 7.10. The molecule has 152 valence electrons. The van der Waals surface area contributed by atoms with E-state index in [0.717, 1.165) is 4.88 Å². The van der Waals surface area contributed by atoms with Gasteiger partial charge in [-0.25, -0.2) is 4.79 Å². The van der Waals surface area contributed by atoms with Crippen LogP contribution < -0.4 is 5.32 Å². The lowest BCUT2D eigenvalue weighted by Crippen LogP contribution is -2.70. The van der Waals surface area contributed by atoms with Crippen molar-refractivity contribution in [1.82, 2.24) is 10.2 Å². The number of carbonyl (C=O) groups excluding carboxylic acids is 3. The fourth-order valence-electron chi connectivity index (χ4n) is 2.79. The zero-order chi connectivity index (χ0) is 20.5. The molecule has 1 aromatic rings. The number of nitrogens with zero attached hydrogens (tertiary/aromatic N) is 1. The number of nitrogens with one attached hydrogen (secondary N) is 1. The second-order valence-electron chi connectivity index (χ2n) is 5.99. The van der Waals surface area contributed by atoms with Crippen LogP contribution in [0.2, 0.25) is 0 Å². The largest absolute Gasteiger partial charge is 0.456 e. The van der Waals surface area contributed by atoms with Crippen LogP contribution >= 0.6 is 69.5 Å². The average Bonchev–Trinajstić information content (AvgIpc) is 3.15. The monoisotopic (exact) mass is 502 g/mol. The van der Waals surface area contributed by atoms with E-state index in [-0.39, 0.29) is 23.9 Å². The molecule has 1 saturated heterocycles. The summed E-state index contributed by atoms with van der Waals surface area (Å²) in [5.74, 6) is -0.970. The van der Waals surface area contributed by atoms with Crippen molar-refractivity contribution < 1.29 is 19.1 Å². The number of carbonyl (C=O) groups is 3. The Morgan fingerprint density at radius 1 is 1.36 bits per heavy atom. The van der Waals surface area contributed by atoms with Gasteiger partial charge in [-0.3, -0.25) is 14.5 Å². The number of thiophene rings is 1. The Bertz CT molecular complexity index is 810. The number of rotatable bonds is 6. The van der Waals surface area contributed by atoms with E-state index in [9.17, 15) is 14.4 Å². The van der Waals surface area contributed by atoms with Crippen LogP contribution in [-0.4, -0.2) is 56.1 Å². The summed E-state index contributed by atoms with van der Waals surface area (Å²) in [5, 5.41) is 4.20. The highest BCUT2D eigenvalue weighted by Gasteiger charge is 2.54. The van der Waals surface area contributed by atoms with E-state index in [0.29, 0.717) is 11.3 Å². The van der Waals surface area contributed by atoms with E-state index in [1.165, 1.54) is 28.0 Å². The molecule has 0 aromatic carbocycles. The van der Waals surface area contributed by atoms with Crippen LogP contribution in [-0.2, 0) is 25.5 Å². The Hall–Kier alpha value is -0.640. The van der Waals surface area contributed by atoms with Gasteiger partial charge in [-0.2, -0.15) is 0 Å². The number of alkyl halides is 4. The molecule has 6 nitrogen and oxygen atoms in total. The maximum atomic E-state index is 12.6. The van der Waals surface area contributed by atoms with E-state index in [2.05, 4.69) is 5.32 Å². The summed E-state index contributed by atoms with van der Waals surface area (Å²) in [7, 11) is 0. The topological polar surface area (TPSA) is 75.7 Å². The summed E-state index contributed by atoms with van der Waals surface area (Å²) >= 11 is 25.7. The van der Waals surface area contributed by atoms with Gasteiger partial charge < -0.3 is 10.1 Å². The number of fused-ring (bicyclic) bond motifs is 1. The van der Waals surface area contributed by atoms with E-state index >= 15 is 0 Å². The lowest BCUT2D eigenvalue weighted by atomic mass is 10.0. The van der Waals surface area contributed by atoms with Crippen LogP contribution in [0, 0.1) is 0 Å². The number of β-lactam (4-membered cyclic amide) rings is 1. The second-order valence-corrected chi connectivity index (χ2v) is 10.9. The summed E-state index contributed by atoms with van der Waals surface area (Å²) in [6, 6.07) is 2.99. The van der Waals surface area contributed by atoms with Crippen LogP contribution in [0.5, 0.6) is 0 Å². The van der Waals surface area contributed by atoms with Gasteiger partial charge in [0.25, 0.3) is 5.91 Å². The molecule has 0 spiro atoms. The summed E-state index contributed by atoms with van der Waals surface area (Å²) in [6.07, 6.45) is 0.194. The van der Waals surface area contributed by atoms with Crippen molar-refractivity contribution in [3.8, 4) is 0 Å². The molecule has 0 saturated carbocycles. The zero-order valence-corrected chi connectivity index (χ0v) is 18.8. The SMILES string of the molecule is O=C(Cc1cccs1)N[C@@H]1C(=O)N2C(C(=O)OCC(Cl)(Cl)Cl)=C(CCl)CS[C@H]12. The van der Waals surface area contributed by atoms with Crippen LogP contribution in [0.3, 0.4) is 0 Å². The first-order valence-corrected chi connectivity index (χ1v) is 11.6. The molecular weight excluding hydrogens is 490 g/mol. The quantitative estimate of drug-likeness (QED) is 0.366. The van der Waals surface area contributed by atoms with E-state index in [1.54, 1.807) is 0 Å². The van der Waals surface area contributed by atoms with Gasteiger partial charge in [0.2, 0.25) is 9.70 Å². The predicted octanol–water partition coefficient (Wildman–Crippen LogP) is 3.10. The maximum absolute atomic E-state index is 12.6. The minimum Gasteiger partial charge on any atom is -0.456 e. The molecule has 2 aliphatic rings. The van der Waals surface area contributed by atoms with Gasteiger partial charge in [0.05, 0.1) is 6.42 Å². The molecule has 1 fully saturated rings. The molecule has 28 heavy (non-hydrogen) atoms. The molecule has 0 aliphatic carbocycles. The molecule has 3 rings (SSSR count). The van der Waals surface area contributed by atoms with Gasteiger partial charge in [-0.05, 0) is 17.0 Å². The summed E-state index contributed by atoms with van der Waals surface area (Å²) in [5.41, 5.74) is 0.607. The van der Waals surface area contributed by atoms with E-state index in [1.807, 2.05) is 17.5 Å².